The number of carbonyl (C=O) groups excluding carboxylic acids is 1. The molecule has 0 bridgehead atoms. The number of carbonyl (C=O) groups is 1. The van der Waals surface area contributed by atoms with Gasteiger partial charge < -0.3 is 10.6 Å². The summed E-state index contributed by atoms with van der Waals surface area (Å²) in [6.07, 6.45) is 0.678. The fourth-order valence-electron chi connectivity index (χ4n) is 1.60. The monoisotopic (exact) mass is 233 g/mol. The summed E-state index contributed by atoms with van der Waals surface area (Å²) >= 11 is 0. The van der Waals surface area contributed by atoms with E-state index in [1.165, 1.54) is 0 Å². The third-order valence-electron chi connectivity index (χ3n) is 2.51. The smallest absolute Gasteiger partial charge is 0.237 e. The summed E-state index contributed by atoms with van der Waals surface area (Å²) < 4.78 is 0. The van der Waals surface area contributed by atoms with Crippen LogP contribution in [0.2, 0.25) is 0 Å². The van der Waals surface area contributed by atoms with Gasteiger partial charge in [0.1, 0.15) is 0 Å². The first kappa shape index (κ1) is 13.4. The summed E-state index contributed by atoms with van der Waals surface area (Å²) in [5, 5.41) is 5.84. The molecule has 0 aliphatic heterocycles. The lowest BCUT2D eigenvalue weighted by atomic mass is 10.1. The highest BCUT2D eigenvalue weighted by molar-refractivity contribution is 5.81. The van der Waals surface area contributed by atoms with Crippen molar-refractivity contribution < 1.29 is 4.79 Å². The van der Waals surface area contributed by atoms with Gasteiger partial charge in [-0.3, -0.25) is 9.79 Å². The molecule has 0 saturated carbocycles. The minimum Gasteiger partial charge on any atom is -0.358 e. The zero-order valence-corrected chi connectivity index (χ0v) is 10.1. The molecule has 0 aliphatic rings. The van der Waals surface area contributed by atoms with Gasteiger partial charge in [0.15, 0.2) is 0 Å². The second-order valence-electron chi connectivity index (χ2n) is 3.76. The molecular weight excluding hydrogens is 214 g/mol. The van der Waals surface area contributed by atoms with Crippen molar-refractivity contribution in [3.05, 3.63) is 35.9 Å². The van der Waals surface area contributed by atoms with Crippen LogP contribution in [0.25, 0.3) is 0 Å². The first-order chi connectivity index (χ1) is 8.27. The number of nitrogens with zero attached hydrogens (tertiary/aromatic N) is 1. The Morgan fingerprint density at radius 2 is 2.12 bits per heavy atom. The Morgan fingerprint density at radius 1 is 1.41 bits per heavy atom. The van der Waals surface area contributed by atoms with E-state index in [0.29, 0.717) is 19.5 Å². The Bertz CT molecular complexity index is 351. The molecule has 0 heterocycles. The number of hydrogen-bond donors (Lipinski definition) is 2. The molecule has 92 valence electrons. The van der Waals surface area contributed by atoms with Crippen molar-refractivity contribution in [3.8, 4) is 0 Å². The zero-order valence-electron chi connectivity index (χ0n) is 10.1. The maximum absolute atomic E-state index is 11.7. The number of aliphatic imine (C=N–C) groups is 1. The number of hydrogen-bond acceptors (Lipinski definition) is 3. The van der Waals surface area contributed by atoms with Crippen LogP contribution in [0.5, 0.6) is 0 Å². The van der Waals surface area contributed by atoms with E-state index >= 15 is 0 Å². The van der Waals surface area contributed by atoms with Gasteiger partial charge in [0, 0.05) is 13.6 Å². The second-order valence-corrected chi connectivity index (χ2v) is 3.76. The Hall–Kier alpha value is -1.68. The van der Waals surface area contributed by atoms with Gasteiger partial charge in [0.25, 0.3) is 0 Å². The highest BCUT2D eigenvalue weighted by atomic mass is 16.2. The van der Waals surface area contributed by atoms with Gasteiger partial charge >= 0.3 is 0 Å². The molecule has 2 N–H and O–H groups in total. The van der Waals surface area contributed by atoms with Gasteiger partial charge in [-0.25, -0.2) is 0 Å². The van der Waals surface area contributed by atoms with E-state index in [0.717, 1.165) is 5.56 Å². The lowest BCUT2D eigenvalue weighted by Crippen LogP contribution is -2.45. The molecule has 0 radical (unpaired) electrons. The van der Waals surface area contributed by atoms with Crippen molar-refractivity contribution in [1.29, 1.82) is 0 Å². The fraction of sp³-hybridized carbons (Fsp3) is 0.385. The largest absolute Gasteiger partial charge is 0.358 e. The molecule has 0 saturated heterocycles. The van der Waals surface area contributed by atoms with Gasteiger partial charge in [0.05, 0.1) is 12.6 Å². The summed E-state index contributed by atoms with van der Waals surface area (Å²) in [7, 11) is 1.65. The maximum atomic E-state index is 11.7. The lowest BCUT2D eigenvalue weighted by molar-refractivity contribution is -0.122. The number of likely N-dealkylation sites (N-methyl/N-ethyl adjacent to an activating group) is 1. The van der Waals surface area contributed by atoms with Crippen LogP contribution in [0.1, 0.15) is 5.56 Å². The molecule has 1 aromatic rings. The molecule has 1 rings (SSSR count). The molecule has 0 spiro atoms. The molecule has 4 heteroatoms. The van der Waals surface area contributed by atoms with Crippen molar-refractivity contribution in [2.75, 3.05) is 20.1 Å². The van der Waals surface area contributed by atoms with Crippen LogP contribution < -0.4 is 10.6 Å². The summed E-state index contributed by atoms with van der Waals surface area (Å²) in [5.74, 6) is -0.00193. The molecule has 1 amide bonds. The van der Waals surface area contributed by atoms with Crippen LogP contribution in [0.4, 0.5) is 0 Å². The highest BCUT2D eigenvalue weighted by Gasteiger charge is 2.16. The van der Waals surface area contributed by atoms with Gasteiger partial charge in [-0.2, -0.15) is 0 Å². The van der Waals surface area contributed by atoms with Crippen molar-refractivity contribution in [2.24, 2.45) is 4.99 Å². The number of amides is 1. The van der Waals surface area contributed by atoms with Crippen molar-refractivity contribution >= 4 is 12.6 Å². The van der Waals surface area contributed by atoms with E-state index < -0.39 is 0 Å². The Kier molecular flexibility index (Phi) is 5.96. The van der Waals surface area contributed by atoms with E-state index in [2.05, 4.69) is 22.3 Å². The predicted molar refractivity (Wildman–Crippen MR) is 70.4 cm³/mol. The van der Waals surface area contributed by atoms with Crippen LogP contribution in [0.3, 0.4) is 0 Å². The topological polar surface area (TPSA) is 53.5 Å². The summed E-state index contributed by atoms with van der Waals surface area (Å²) in [6, 6.07) is 9.73. The summed E-state index contributed by atoms with van der Waals surface area (Å²) in [6.45, 7) is 4.69. The minimum absolute atomic E-state index is 0.00193. The Labute approximate surface area is 102 Å². The molecule has 1 unspecified atom stereocenters. The van der Waals surface area contributed by atoms with Crippen LogP contribution in [-0.2, 0) is 11.2 Å². The van der Waals surface area contributed by atoms with Crippen LogP contribution >= 0.6 is 0 Å². The predicted octanol–water partition coefficient (Wildman–Crippen LogP) is 0.634. The van der Waals surface area contributed by atoms with E-state index in [-0.39, 0.29) is 11.9 Å². The maximum Gasteiger partial charge on any atom is 0.237 e. The average molecular weight is 233 g/mol. The minimum atomic E-state index is -0.218. The van der Waals surface area contributed by atoms with Crippen molar-refractivity contribution in [2.45, 2.75) is 12.5 Å². The SMILES string of the molecule is C=NCCNC(Cc1ccccc1)C(=O)NC. The van der Waals surface area contributed by atoms with E-state index in [4.69, 9.17) is 0 Å². The van der Waals surface area contributed by atoms with Crippen LogP contribution in [-0.4, -0.2) is 38.8 Å². The summed E-state index contributed by atoms with van der Waals surface area (Å²) in [5.41, 5.74) is 1.14. The highest BCUT2D eigenvalue weighted by Crippen LogP contribution is 2.03. The standard InChI is InChI=1S/C13H19N3O/c1-14-8-9-16-12(13(17)15-2)10-11-6-4-3-5-7-11/h3-7,12,16H,1,8-10H2,2H3,(H,15,17). The van der Waals surface area contributed by atoms with E-state index in [1.807, 2.05) is 30.3 Å². The fourth-order valence-corrected chi connectivity index (χ4v) is 1.60. The van der Waals surface area contributed by atoms with Gasteiger partial charge in [-0.1, -0.05) is 30.3 Å². The molecule has 1 atom stereocenters. The normalized spacial score (nSPS) is 11.8. The molecule has 0 aliphatic carbocycles. The van der Waals surface area contributed by atoms with Crippen molar-refractivity contribution in [1.82, 2.24) is 10.6 Å². The number of benzene rings is 1. The van der Waals surface area contributed by atoms with E-state index in [9.17, 15) is 4.79 Å². The first-order valence-corrected chi connectivity index (χ1v) is 5.69. The van der Waals surface area contributed by atoms with Gasteiger partial charge in [-0.05, 0) is 18.7 Å². The third kappa shape index (κ3) is 4.78. The van der Waals surface area contributed by atoms with Crippen molar-refractivity contribution in [3.63, 3.8) is 0 Å². The van der Waals surface area contributed by atoms with Gasteiger partial charge in [-0.15, -0.1) is 0 Å². The van der Waals surface area contributed by atoms with Gasteiger partial charge in [0.2, 0.25) is 5.91 Å². The Morgan fingerprint density at radius 3 is 2.71 bits per heavy atom. The van der Waals surface area contributed by atoms with E-state index in [1.54, 1.807) is 7.05 Å². The molecule has 0 aromatic heterocycles. The zero-order chi connectivity index (χ0) is 12.5. The average Bonchev–Trinajstić information content (AvgIpc) is 2.38. The lowest BCUT2D eigenvalue weighted by Gasteiger charge is -2.16. The molecule has 4 nitrogen and oxygen atoms in total. The Balaban J connectivity index is 2.57. The number of rotatable bonds is 7. The second kappa shape index (κ2) is 7.57. The third-order valence-corrected chi connectivity index (χ3v) is 2.51. The quantitative estimate of drug-likeness (QED) is 0.536. The van der Waals surface area contributed by atoms with Crippen LogP contribution in [0.15, 0.2) is 35.3 Å². The molecular formula is C13H19N3O. The number of nitrogens with one attached hydrogen (secondary N) is 2. The summed E-state index contributed by atoms with van der Waals surface area (Å²) in [4.78, 5) is 15.4. The first-order valence-electron chi connectivity index (χ1n) is 5.69. The molecule has 0 fully saturated rings. The molecule has 1 aromatic carbocycles. The van der Waals surface area contributed by atoms with Crippen LogP contribution in [0, 0.1) is 0 Å². The molecule has 17 heavy (non-hydrogen) atoms.